The highest BCUT2D eigenvalue weighted by Gasteiger charge is 2.14. The second-order valence-corrected chi connectivity index (χ2v) is 4.27. The van der Waals surface area contributed by atoms with Gasteiger partial charge in [0.05, 0.1) is 0 Å². The predicted molar refractivity (Wildman–Crippen MR) is 53.6 cm³/mol. The lowest BCUT2D eigenvalue weighted by atomic mass is 10.1. The number of halogens is 1. The van der Waals surface area contributed by atoms with Crippen molar-refractivity contribution in [1.82, 2.24) is 15.3 Å². The van der Waals surface area contributed by atoms with E-state index in [9.17, 15) is 4.39 Å². The molecule has 0 aliphatic rings. The molecule has 0 amide bonds. The van der Waals surface area contributed by atoms with E-state index in [1.54, 1.807) is 0 Å². The fourth-order valence-electron chi connectivity index (χ4n) is 0.986. The van der Waals surface area contributed by atoms with E-state index in [4.69, 9.17) is 0 Å². The van der Waals surface area contributed by atoms with E-state index in [1.807, 2.05) is 20.8 Å². The van der Waals surface area contributed by atoms with E-state index < -0.39 is 6.17 Å². The van der Waals surface area contributed by atoms with Gasteiger partial charge in [0.1, 0.15) is 12.5 Å². The van der Waals surface area contributed by atoms with Crippen LogP contribution in [-0.4, -0.2) is 22.1 Å². The lowest BCUT2D eigenvalue weighted by Gasteiger charge is -2.21. The van der Waals surface area contributed by atoms with Gasteiger partial charge in [0.25, 0.3) is 0 Å². The van der Waals surface area contributed by atoms with Crippen molar-refractivity contribution in [2.45, 2.75) is 32.5 Å². The summed E-state index contributed by atoms with van der Waals surface area (Å²) in [5, 5.41) is 3.09. The molecule has 0 radical (unpaired) electrons. The second-order valence-electron chi connectivity index (χ2n) is 4.27. The molecule has 4 heteroatoms. The van der Waals surface area contributed by atoms with E-state index in [2.05, 4.69) is 15.3 Å². The molecular formula is C10H16FN3. The first kappa shape index (κ1) is 11.0. The summed E-state index contributed by atoms with van der Waals surface area (Å²) >= 11 is 0. The van der Waals surface area contributed by atoms with Gasteiger partial charge in [0, 0.05) is 30.0 Å². The molecule has 14 heavy (non-hydrogen) atoms. The number of alkyl halides is 1. The number of hydrogen-bond donors (Lipinski definition) is 1. The fourth-order valence-corrected chi connectivity index (χ4v) is 0.986. The topological polar surface area (TPSA) is 37.8 Å². The smallest absolute Gasteiger partial charge is 0.140 e. The molecule has 1 rings (SSSR count). The van der Waals surface area contributed by atoms with Crippen LogP contribution in [-0.2, 0) is 0 Å². The molecule has 0 saturated heterocycles. The first-order chi connectivity index (χ1) is 6.49. The third-order valence-electron chi connectivity index (χ3n) is 1.75. The molecule has 78 valence electrons. The summed E-state index contributed by atoms with van der Waals surface area (Å²) in [6, 6.07) is 0. The van der Waals surface area contributed by atoms with Crippen LogP contribution in [0.2, 0.25) is 0 Å². The first-order valence-electron chi connectivity index (χ1n) is 4.63. The zero-order chi connectivity index (χ0) is 10.6. The minimum atomic E-state index is -1.05. The number of nitrogens with one attached hydrogen (secondary N) is 1. The Kier molecular flexibility index (Phi) is 3.52. The number of hydrogen-bond acceptors (Lipinski definition) is 3. The Balaban J connectivity index is 2.48. The Morgan fingerprint density at radius 3 is 2.43 bits per heavy atom. The number of nitrogens with zero attached hydrogens (tertiary/aromatic N) is 2. The molecule has 0 bridgehead atoms. The minimum absolute atomic E-state index is 0.0695. The van der Waals surface area contributed by atoms with Crippen molar-refractivity contribution in [3.63, 3.8) is 0 Å². The molecule has 0 aliphatic carbocycles. The van der Waals surface area contributed by atoms with Crippen LogP contribution in [0.15, 0.2) is 18.7 Å². The van der Waals surface area contributed by atoms with Crippen LogP contribution in [0.1, 0.15) is 32.5 Å². The molecule has 1 atom stereocenters. The van der Waals surface area contributed by atoms with Crippen LogP contribution in [0.3, 0.4) is 0 Å². The van der Waals surface area contributed by atoms with Crippen molar-refractivity contribution < 1.29 is 4.39 Å². The summed E-state index contributed by atoms with van der Waals surface area (Å²) < 4.78 is 13.5. The van der Waals surface area contributed by atoms with Gasteiger partial charge in [-0.2, -0.15) is 0 Å². The van der Waals surface area contributed by atoms with Gasteiger partial charge in [-0.15, -0.1) is 0 Å². The minimum Gasteiger partial charge on any atom is -0.309 e. The summed E-state index contributed by atoms with van der Waals surface area (Å²) in [5.74, 6) is 0. The molecule has 1 aromatic rings. The van der Waals surface area contributed by atoms with E-state index in [-0.39, 0.29) is 12.1 Å². The lowest BCUT2D eigenvalue weighted by Crippen LogP contribution is -2.37. The normalized spacial score (nSPS) is 14.0. The highest BCUT2D eigenvalue weighted by atomic mass is 19.1. The van der Waals surface area contributed by atoms with Gasteiger partial charge in [-0.3, -0.25) is 0 Å². The van der Waals surface area contributed by atoms with Crippen molar-refractivity contribution in [3.05, 3.63) is 24.3 Å². The van der Waals surface area contributed by atoms with Gasteiger partial charge in [-0.25, -0.2) is 14.4 Å². The third-order valence-corrected chi connectivity index (χ3v) is 1.75. The highest BCUT2D eigenvalue weighted by molar-refractivity contribution is 5.07. The summed E-state index contributed by atoms with van der Waals surface area (Å²) in [4.78, 5) is 7.54. The van der Waals surface area contributed by atoms with Crippen LogP contribution >= 0.6 is 0 Å². The highest BCUT2D eigenvalue weighted by Crippen LogP contribution is 2.14. The maximum absolute atomic E-state index is 13.5. The zero-order valence-electron chi connectivity index (χ0n) is 8.79. The Bertz CT molecular complexity index is 268. The third kappa shape index (κ3) is 3.79. The molecule has 0 aromatic carbocycles. The Morgan fingerprint density at radius 2 is 1.93 bits per heavy atom. The standard InChI is InChI=1S/C10H16FN3/c1-10(2,3)14-6-9(11)8-4-12-7-13-5-8/h4-5,7,9,14H,6H2,1-3H3. The van der Waals surface area contributed by atoms with Gasteiger partial charge in [-0.1, -0.05) is 0 Å². The molecule has 3 nitrogen and oxygen atoms in total. The maximum Gasteiger partial charge on any atom is 0.140 e. The summed E-state index contributed by atoms with van der Waals surface area (Å²) in [6.45, 7) is 6.29. The zero-order valence-corrected chi connectivity index (χ0v) is 8.79. The quantitative estimate of drug-likeness (QED) is 0.804. The molecule has 1 N–H and O–H groups in total. The molecule has 1 aromatic heterocycles. The molecule has 0 aliphatic heterocycles. The van der Waals surface area contributed by atoms with Crippen molar-refractivity contribution in [2.24, 2.45) is 0 Å². The summed E-state index contributed by atoms with van der Waals surface area (Å²) in [7, 11) is 0. The average Bonchev–Trinajstić information content (AvgIpc) is 2.14. The number of rotatable bonds is 3. The van der Waals surface area contributed by atoms with Crippen LogP contribution < -0.4 is 5.32 Å². The molecule has 1 heterocycles. The monoisotopic (exact) mass is 197 g/mol. The summed E-state index contributed by atoms with van der Waals surface area (Å²) in [6.07, 6.45) is 3.35. The SMILES string of the molecule is CC(C)(C)NCC(F)c1cncnc1. The van der Waals surface area contributed by atoms with Gasteiger partial charge < -0.3 is 5.32 Å². The van der Waals surface area contributed by atoms with Crippen LogP contribution in [0.25, 0.3) is 0 Å². The van der Waals surface area contributed by atoms with Crippen molar-refractivity contribution in [2.75, 3.05) is 6.54 Å². The largest absolute Gasteiger partial charge is 0.309 e. The van der Waals surface area contributed by atoms with Gasteiger partial charge in [0.15, 0.2) is 0 Å². The van der Waals surface area contributed by atoms with Crippen molar-refractivity contribution in [1.29, 1.82) is 0 Å². The van der Waals surface area contributed by atoms with E-state index in [0.29, 0.717) is 5.56 Å². The Morgan fingerprint density at radius 1 is 1.36 bits per heavy atom. The van der Waals surface area contributed by atoms with Gasteiger partial charge >= 0.3 is 0 Å². The lowest BCUT2D eigenvalue weighted by molar-refractivity contribution is 0.290. The van der Waals surface area contributed by atoms with Gasteiger partial charge in [0.2, 0.25) is 0 Å². The van der Waals surface area contributed by atoms with Crippen molar-refractivity contribution in [3.8, 4) is 0 Å². The van der Waals surface area contributed by atoms with Crippen LogP contribution in [0.5, 0.6) is 0 Å². The van der Waals surface area contributed by atoms with E-state index >= 15 is 0 Å². The maximum atomic E-state index is 13.5. The van der Waals surface area contributed by atoms with E-state index in [1.165, 1.54) is 18.7 Å². The first-order valence-corrected chi connectivity index (χ1v) is 4.63. The second kappa shape index (κ2) is 4.46. The Labute approximate surface area is 83.8 Å². The Hall–Kier alpha value is -1.03. The van der Waals surface area contributed by atoms with Crippen LogP contribution in [0.4, 0.5) is 4.39 Å². The van der Waals surface area contributed by atoms with Gasteiger partial charge in [-0.05, 0) is 20.8 Å². The molecule has 0 fully saturated rings. The molecule has 0 saturated carbocycles. The number of aromatic nitrogens is 2. The van der Waals surface area contributed by atoms with Crippen LogP contribution in [0, 0.1) is 0 Å². The van der Waals surface area contributed by atoms with E-state index in [0.717, 1.165) is 0 Å². The molecule has 0 spiro atoms. The average molecular weight is 197 g/mol. The summed E-state index contributed by atoms with van der Waals surface area (Å²) in [5.41, 5.74) is 0.448. The molecule has 1 unspecified atom stereocenters. The fraction of sp³-hybridized carbons (Fsp3) is 0.600. The van der Waals surface area contributed by atoms with Crippen molar-refractivity contribution >= 4 is 0 Å². The molecular weight excluding hydrogens is 181 g/mol. The predicted octanol–water partition coefficient (Wildman–Crippen LogP) is 1.88.